The first-order valence-corrected chi connectivity index (χ1v) is 18.7. The van der Waals surface area contributed by atoms with Crippen LogP contribution < -0.4 is 56.8 Å². The van der Waals surface area contributed by atoms with Gasteiger partial charge in [0.2, 0.25) is 23.0 Å². The van der Waals surface area contributed by atoms with Crippen LogP contribution in [0, 0.1) is 0 Å². The zero-order valence-corrected chi connectivity index (χ0v) is 36.5. The molecule has 0 radical (unpaired) electrons. The summed E-state index contributed by atoms with van der Waals surface area (Å²) in [5, 5.41) is 0. The fourth-order valence-corrected chi connectivity index (χ4v) is 6.39. The SMILES string of the molecule is COc1cc(COC[C@H](OCc2cc(OC)c(OC)c(OC)c2)[C@H](COCc2cc(OC)c(OC)c(OC)c2)OCc2cc(OC)c(OC)c(OC)c2)cc(OC)c1OC. The fourth-order valence-electron chi connectivity index (χ4n) is 6.39. The monoisotopic (exact) mass is 842 g/mol. The molecule has 16 nitrogen and oxygen atoms in total. The molecule has 0 aliphatic rings. The van der Waals surface area contributed by atoms with Gasteiger partial charge in [-0.05, 0) is 70.8 Å². The summed E-state index contributed by atoms with van der Waals surface area (Å²) in [5.74, 6) is 5.78. The average Bonchev–Trinajstić information content (AvgIpc) is 3.29. The first kappa shape index (κ1) is 47.0. The van der Waals surface area contributed by atoms with Gasteiger partial charge in [0.25, 0.3) is 0 Å². The van der Waals surface area contributed by atoms with Crippen molar-refractivity contribution in [3.05, 3.63) is 70.8 Å². The van der Waals surface area contributed by atoms with Crippen molar-refractivity contribution >= 4 is 0 Å². The van der Waals surface area contributed by atoms with E-state index in [0.717, 1.165) is 22.3 Å². The van der Waals surface area contributed by atoms with Gasteiger partial charge in [0, 0.05) is 0 Å². The molecule has 0 unspecified atom stereocenters. The maximum Gasteiger partial charge on any atom is 0.203 e. The van der Waals surface area contributed by atoms with E-state index in [1.807, 2.05) is 48.5 Å². The number of benzene rings is 4. The minimum absolute atomic E-state index is 0.0779. The summed E-state index contributed by atoms with van der Waals surface area (Å²) in [6.07, 6.45) is -1.40. The average molecular weight is 843 g/mol. The molecule has 4 rings (SSSR count). The van der Waals surface area contributed by atoms with E-state index >= 15 is 0 Å². The fraction of sp³-hybridized carbons (Fsp3) is 0.455. The van der Waals surface area contributed by atoms with E-state index in [9.17, 15) is 0 Å². The lowest BCUT2D eigenvalue weighted by Gasteiger charge is -2.28. The first-order valence-electron chi connectivity index (χ1n) is 18.7. The minimum Gasteiger partial charge on any atom is -0.493 e. The Labute approximate surface area is 352 Å². The second kappa shape index (κ2) is 23.8. The molecule has 4 aromatic rings. The van der Waals surface area contributed by atoms with Gasteiger partial charge in [-0.2, -0.15) is 0 Å². The molecule has 0 aliphatic heterocycles. The molecule has 0 aliphatic carbocycles. The van der Waals surface area contributed by atoms with Crippen LogP contribution in [0.1, 0.15) is 22.3 Å². The van der Waals surface area contributed by atoms with E-state index in [4.69, 9.17) is 75.8 Å². The number of hydrogen-bond donors (Lipinski definition) is 0. The Morgan fingerprint density at radius 2 is 0.483 bits per heavy atom. The molecule has 0 N–H and O–H groups in total. The van der Waals surface area contributed by atoms with Gasteiger partial charge in [-0.1, -0.05) is 0 Å². The quantitative estimate of drug-likeness (QED) is 0.0627. The Hall–Kier alpha value is -5.68. The molecule has 0 saturated carbocycles. The van der Waals surface area contributed by atoms with E-state index in [2.05, 4.69) is 0 Å². The lowest BCUT2D eigenvalue weighted by atomic mass is 10.1. The number of hydrogen-bond acceptors (Lipinski definition) is 16. The third-order valence-electron chi connectivity index (χ3n) is 9.34. The Kier molecular flexibility index (Phi) is 18.6. The smallest absolute Gasteiger partial charge is 0.203 e. The van der Waals surface area contributed by atoms with Gasteiger partial charge in [-0.25, -0.2) is 0 Å². The van der Waals surface area contributed by atoms with Crippen LogP contribution in [0.15, 0.2) is 48.5 Å². The molecule has 0 aromatic heterocycles. The molecule has 4 aromatic carbocycles. The zero-order chi connectivity index (χ0) is 43.6. The summed E-state index contributed by atoms with van der Waals surface area (Å²) >= 11 is 0. The van der Waals surface area contributed by atoms with Gasteiger partial charge in [0.15, 0.2) is 46.0 Å². The zero-order valence-electron chi connectivity index (χ0n) is 36.5. The highest BCUT2D eigenvalue weighted by Crippen LogP contribution is 2.41. The van der Waals surface area contributed by atoms with Crippen LogP contribution in [-0.2, 0) is 45.4 Å². The minimum atomic E-state index is -0.701. The van der Waals surface area contributed by atoms with E-state index in [1.54, 1.807) is 85.3 Å². The summed E-state index contributed by atoms with van der Waals surface area (Å²) in [4.78, 5) is 0. The van der Waals surface area contributed by atoms with E-state index in [1.165, 1.54) is 0 Å². The Balaban J connectivity index is 1.71. The summed E-state index contributed by atoms with van der Waals surface area (Å²) < 4.78 is 92.9. The summed E-state index contributed by atoms with van der Waals surface area (Å²) in [7, 11) is 18.7. The maximum atomic E-state index is 6.67. The van der Waals surface area contributed by atoms with E-state index < -0.39 is 12.2 Å². The van der Waals surface area contributed by atoms with Crippen LogP contribution in [0.4, 0.5) is 0 Å². The summed E-state index contributed by atoms with van der Waals surface area (Å²) in [6, 6.07) is 14.6. The standard InChI is InChI=1S/C44H58O16/c1-45-31-13-27(14-32(46-2)41(31)53-9)21-57-25-39(59-23-29-17-35(49-5)43(55-11)36(18-29)50-6)40(60-24-30-19-37(51-7)44(56-12)38(20-30)52-8)26-58-22-28-15-33(47-3)42(54-10)34(16-28)48-4/h13-20,39-40H,21-26H2,1-12H3/t39-,40-/m0/s1. The second-order valence-corrected chi connectivity index (χ2v) is 12.9. The Morgan fingerprint density at radius 3 is 0.667 bits per heavy atom. The Morgan fingerprint density at radius 1 is 0.283 bits per heavy atom. The molecule has 0 amide bonds. The largest absolute Gasteiger partial charge is 0.493 e. The van der Waals surface area contributed by atoms with Gasteiger partial charge in [0.05, 0.1) is 125 Å². The van der Waals surface area contributed by atoms with Crippen molar-refractivity contribution in [2.75, 3.05) is 98.5 Å². The third kappa shape index (κ3) is 11.7. The van der Waals surface area contributed by atoms with Crippen molar-refractivity contribution in [3.8, 4) is 69.0 Å². The summed E-state index contributed by atoms with van der Waals surface area (Å²) in [6.45, 7) is 0.736. The summed E-state index contributed by atoms with van der Waals surface area (Å²) in [5.41, 5.74) is 3.06. The predicted octanol–water partition coefficient (Wildman–Crippen LogP) is 6.69. The van der Waals surface area contributed by atoms with E-state index in [0.29, 0.717) is 69.0 Å². The lowest BCUT2D eigenvalue weighted by Crippen LogP contribution is -2.39. The van der Waals surface area contributed by atoms with Gasteiger partial charge >= 0.3 is 0 Å². The van der Waals surface area contributed by atoms with Crippen molar-refractivity contribution in [2.24, 2.45) is 0 Å². The van der Waals surface area contributed by atoms with Gasteiger partial charge in [-0.15, -0.1) is 0 Å². The van der Waals surface area contributed by atoms with Crippen molar-refractivity contribution < 1.29 is 75.8 Å². The third-order valence-corrected chi connectivity index (χ3v) is 9.34. The Bertz CT molecular complexity index is 1710. The van der Waals surface area contributed by atoms with Crippen molar-refractivity contribution in [3.63, 3.8) is 0 Å². The maximum absolute atomic E-state index is 6.67. The highest BCUT2D eigenvalue weighted by Gasteiger charge is 2.27. The molecule has 2 atom stereocenters. The van der Waals surface area contributed by atoms with Gasteiger partial charge in [0.1, 0.15) is 12.2 Å². The normalized spacial score (nSPS) is 11.9. The van der Waals surface area contributed by atoms with Crippen LogP contribution in [0.3, 0.4) is 0 Å². The molecule has 0 heterocycles. The predicted molar refractivity (Wildman–Crippen MR) is 221 cm³/mol. The molecule has 0 spiro atoms. The number of methoxy groups -OCH3 is 12. The second-order valence-electron chi connectivity index (χ2n) is 12.9. The highest BCUT2D eigenvalue weighted by molar-refractivity contribution is 5.56. The molecule has 0 saturated heterocycles. The molecule has 330 valence electrons. The van der Waals surface area contributed by atoms with Crippen LogP contribution in [0.2, 0.25) is 0 Å². The molecule has 16 heteroatoms. The van der Waals surface area contributed by atoms with Gasteiger partial charge < -0.3 is 75.8 Å². The van der Waals surface area contributed by atoms with Crippen LogP contribution in [0.5, 0.6) is 69.0 Å². The van der Waals surface area contributed by atoms with Crippen molar-refractivity contribution in [1.29, 1.82) is 0 Å². The molecular formula is C44H58O16. The van der Waals surface area contributed by atoms with Crippen LogP contribution >= 0.6 is 0 Å². The van der Waals surface area contributed by atoms with Crippen LogP contribution in [-0.4, -0.2) is 111 Å². The molecular weight excluding hydrogens is 784 g/mol. The van der Waals surface area contributed by atoms with Crippen molar-refractivity contribution in [2.45, 2.75) is 38.6 Å². The van der Waals surface area contributed by atoms with Crippen LogP contribution in [0.25, 0.3) is 0 Å². The molecule has 0 bridgehead atoms. The molecule has 60 heavy (non-hydrogen) atoms. The number of ether oxygens (including phenoxy) is 16. The van der Waals surface area contributed by atoms with E-state index in [-0.39, 0.29) is 39.6 Å². The lowest BCUT2D eigenvalue weighted by molar-refractivity contribution is -0.139. The number of rotatable bonds is 27. The topological polar surface area (TPSA) is 148 Å². The molecule has 0 fully saturated rings. The van der Waals surface area contributed by atoms with Crippen molar-refractivity contribution in [1.82, 2.24) is 0 Å². The highest BCUT2D eigenvalue weighted by atomic mass is 16.6. The van der Waals surface area contributed by atoms with Gasteiger partial charge in [-0.3, -0.25) is 0 Å². The first-order chi connectivity index (χ1) is 29.2.